The van der Waals surface area contributed by atoms with Crippen molar-refractivity contribution in [2.75, 3.05) is 9.80 Å². The first kappa shape index (κ1) is 31.8. The molecular weight excluding hydrogens is 659 g/mol. The number of benzene rings is 5. The van der Waals surface area contributed by atoms with E-state index in [1.165, 1.54) is 71.9 Å². The van der Waals surface area contributed by atoms with E-state index in [4.69, 9.17) is 9.98 Å². The second kappa shape index (κ2) is 13.0. The van der Waals surface area contributed by atoms with E-state index >= 15 is 0 Å². The maximum Gasteiger partial charge on any atom is 0.170 e. The van der Waals surface area contributed by atoms with Gasteiger partial charge in [0.15, 0.2) is 6.17 Å². The maximum atomic E-state index is 5.29. The minimum Gasteiger partial charge on any atom is -0.341 e. The van der Waals surface area contributed by atoms with Crippen LogP contribution >= 0.6 is 0 Å². The molecule has 3 heterocycles. The van der Waals surface area contributed by atoms with Crippen molar-refractivity contribution in [1.82, 2.24) is 5.32 Å². The van der Waals surface area contributed by atoms with E-state index in [0.717, 1.165) is 29.2 Å². The second-order valence-corrected chi connectivity index (χ2v) is 15.8. The predicted molar refractivity (Wildman–Crippen MR) is 223 cm³/mol. The number of aliphatic imine (C=N–C) groups is 2. The van der Waals surface area contributed by atoms with E-state index in [1.54, 1.807) is 11.3 Å². The summed E-state index contributed by atoms with van der Waals surface area (Å²) in [6.07, 6.45) is 19.3. The van der Waals surface area contributed by atoms with Crippen molar-refractivity contribution in [1.29, 1.82) is 0 Å². The van der Waals surface area contributed by atoms with Crippen LogP contribution < -0.4 is 15.1 Å². The summed E-state index contributed by atoms with van der Waals surface area (Å²) in [7, 11) is 0. The van der Waals surface area contributed by atoms with Crippen LogP contribution in [0.3, 0.4) is 0 Å². The molecule has 6 aliphatic rings. The lowest BCUT2D eigenvalue weighted by atomic mass is 9.70. The molecule has 5 heteroatoms. The summed E-state index contributed by atoms with van der Waals surface area (Å²) in [5.41, 5.74) is 10.9. The average Bonchev–Trinajstić information content (AvgIpc) is 3.77. The third-order valence-electron chi connectivity index (χ3n) is 12.9. The first-order valence-corrected chi connectivity index (χ1v) is 20.1. The zero-order valence-electron chi connectivity index (χ0n) is 30.6. The zero-order chi connectivity index (χ0) is 35.6. The Morgan fingerprint density at radius 2 is 1.39 bits per heavy atom. The minimum absolute atomic E-state index is 0.199. The summed E-state index contributed by atoms with van der Waals surface area (Å²) in [4.78, 5) is 16.0. The number of hydrogen-bond donors (Lipinski definition) is 1. The molecule has 3 aliphatic heterocycles. The molecule has 0 spiro atoms. The van der Waals surface area contributed by atoms with Gasteiger partial charge in [0.1, 0.15) is 11.7 Å². The fourth-order valence-corrected chi connectivity index (χ4v) is 10.6. The monoisotopic (exact) mass is 703 g/mol. The molecule has 5 nitrogen and oxygen atoms in total. The third kappa shape index (κ3) is 5.12. The molecule has 11 rings (SSSR count). The van der Waals surface area contributed by atoms with Crippen LogP contribution in [0.1, 0.15) is 85.2 Å². The highest BCUT2D eigenvalue weighted by Crippen LogP contribution is 2.61. The van der Waals surface area contributed by atoms with Crippen LogP contribution in [0.25, 0.3) is 10.8 Å². The lowest BCUT2D eigenvalue weighted by Gasteiger charge is -2.43. The van der Waals surface area contributed by atoms with Gasteiger partial charge in [0.05, 0.1) is 0 Å². The van der Waals surface area contributed by atoms with Gasteiger partial charge in [-0.05, 0) is 91.1 Å². The molecule has 1 fully saturated rings. The predicted octanol–water partition coefficient (Wildman–Crippen LogP) is 11.2. The maximum absolute atomic E-state index is 5.29. The van der Waals surface area contributed by atoms with E-state index in [-0.39, 0.29) is 12.1 Å². The van der Waals surface area contributed by atoms with Gasteiger partial charge in [-0.2, -0.15) is 0 Å². The number of fused-ring (bicyclic) bond motifs is 8. The van der Waals surface area contributed by atoms with E-state index < -0.39 is 0 Å². The summed E-state index contributed by atoms with van der Waals surface area (Å²) in [6.45, 7) is 0. The number of anilines is 3. The fraction of sp³-hybridized carbons (Fsp3) is 0.265. The van der Waals surface area contributed by atoms with Crippen LogP contribution in [0, 0.1) is 5.92 Å². The number of allylic oxidation sites excluding steroid dienone is 5. The summed E-state index contributed by atoms with van der Waals surface area (Å²) in [5, 5.41) is 6.05. The largest absolute Gasteiger partial charge is 0.341 e. The molecule has 6 unspecified atom stereocenters. The van der Waals surface area contributed by atoms with Gasteiger partial charge in [-0.25, -0.2) is 9.98 Å². The Labute approximate surface area is 318 Å². The van der Waals surface area contributed by atoms with Gasteiger partial charge in [-0.3, -0.25) is 0 Å². The number of rotatable bonds is 5. The Morgan fingerprint density at radius 1 is 0.648 bits per heavy atom. The molecule has 0 radical (unpaired) electrons. The summed E-state index contributed by atoms with van der Waals surface area (Å²) >= 11 is 0. The van der Waals surface area contributed by atoms with Crippen LogP contribution in [-0.4, -0.2) is 23.8 Å². The van der Waals surface area contributed by atoms with Gasteiger partial charge in [0.2, 0.25) is 0 Å². The molecule has 0 saturated heterocycles. The number of nitrogens with one attached hydrogen (secondary N) is 1. The average molecular weight is 704 g/mol. The summed E-state index contributed by atoms with van der Waals surface area (Å²) in [6, 6.07) is 43.8. The first-order valence-electron chi connectivity index (χ1n) is 20.1. The van der Waals surface area contributed by atoms with Gasteiger partial charge in [0.25, 0.3) is 0 Å². The zero-order valence-corrected chi connectivity index (χ0v) is 30.6. The van der Waals surface area contributed by atoms with E-state index in [2.05, 4.69) is 161 Å². The van der Waals surface area contributed by atoms with Crippen molar-refractivity contribution < 1.29 is 0 Å². The molecule has 0 amide bonds. The van der Waals surface area contributed by atoms with E-state index in [9.17, 15) is 0 Å². The molecule has 3 aliphatic carbocycles. The van der Waals surface area contributed by atoms with Crippen LogP contribution in [0.5, 0.6) is 0 Å². The Morgan fingerprint density at radius 3 is 2.15 bits per heavy atom. The van der Waals surface area contributed by atoms with Gasteiger partial charge < -0.3 is 15.1 Å². The first-order chi connectivity index (χ1) is 26.8. The lowest BCUT2D eigenvalue weighted by Crippen LogP contribution is -2.45. The highest BCUT2D eigenvalue weighted by Gasteiger charge is 2.54. The molecule has 6 atom stereocenters. The molecule has 1 N–H and O–H groups in total. The van der Waals surface area contributed by atoms with E-state index in [1.807, 2.05) is 0 Å². The Kier molecular flexibility index (Phi) is 7.67. The topological polar surface area (TPSA) is 43.2 Å². The van der Waals surface area contributed by atoms with Gasteiger partial charge >= 0.3 is 0 Å². The summed E-state index contributed by atoms with van der Waals surface area (Å²) in [5.74, 6) is 2.97. The van der Waals surface area contributed by atoms with Crippen LogP contribution in [0.15, 0.2) is 161 Å². The van der Waals surface area contributed by atoms with Crippen molar-refractivity contribution in [2.24, 2.45) is 15.9 Å². The van der Waals surface area contributed by atoms with E-state index in [0.29, 0.717) is 23.9 Å². The van der Waals surface area contributed by atoms with Crippen molar-refractivity contribution >= 4 is 39.5 Å². The molecule has 0 aromatic heterocycles. The van der Waals surface area contributed by atoms with Crippen molar-refractivity contribution in [3.05, 3.63) is 174 Å². The number of nitrogens with zero attached hydrogens (tertiary/aromatic N) is 4. The number of para-hydroxylation sites is 2. The SMILES string of the molecule is C1=CCC(C2=NC(c3cccc4cc(N5c6ccccc6C6C7c8ccccc8N(C8=CCCCC8)C7CCC65)ccc34)N=C(c3ccccc3)N2)C=C1. The Hall–Kier alpha value is -5.68. The highest BCUT2D eigenvalue weighted by atomic mass is 15.2. The molecule has 54 heavy (non-hydrogen) atoms. The van der Waals surface area contributed by atoms with Gasteiger partial charge in [-0.15, -0.1) is 0 Å². The quantitative estimate of drug-likeness (QED) is 0.198. The minimum atomic E-state index is -0.331. The molecule has 0 bridgehead atoms. The molecular formula is C49H45N5. The molecule has 1 saturated carbocycles. The highest BCUT2D eigenvalue weighted by molar-refractivity contribution is 6.11. The van der Waals surface area contributed by atoms with Crippen LogP contribution in [-0.2, 0) is 0 Å². The Bertz CT molecular complexity index is 2420. The van der Waals surface area contributed by atoms with Crippen molar-refractivity contribution in [2.45, 2.75) is 75.0 Å². The number of hydrogen-bond acceptors (Lipinski definition) is 5. The van der Waals surface area contributed by atoms with Crippen molar-refractivity contribution in [3.8, 4) is 0 Å². The summed E-state index contributed by atoms with van der Waals surface area (Å²) < 4.78 is 0. The smallest absolute Gasteiger partial charge is 0.170 e. The number of amidine groups is 2. The second-order valence-electron chi connectivity index (χ2n) is 15.8. The molecule has 266 valence electrons. The molecule has 5 aromatic carbocycles. The lowest BCUT2D eigenvalue weighted by molar-refractivity contribution is 0.322. The fourth-order valence-electron chi connectivity index (χ4n) is 10.6. The molecule has 5 aromatic rings. The van der Waals surface area contributed by atoms with Crippen LogP contribution in [0.2, 0.25) is 0 Å². The normalized spacial score (nSPS) is 26.6. The van der Waals surface area contributed by atoms with Crippen LogP contribution in [0.4, 0.5) is 17.1 Å². The van der Waals surface area contributed by atoms with Crippen molar-refractivity contribution in [3.63, 3.8) is 0 Å². The standard InChI is InChI=1S/C49H45N5/c1-4-15-32(16-5-1)47-50-48(33-17-6-2-7-18-33)52-49(51-47)38-24-14-19-34-31-36(27-28-37(34)38)54-42-26-13-11-23-40(42)46-44(54)30-29-43-45(46)39-22-10-12-25-41(39)53(43)35-20-8-3-9-21-35/h1-2,4-7,10-17,19-20,22-28,31,33,43-46,49H,3,8-9,18,21,29-30H2,(H,50,51,52). The van der Waals surface area contributed by atoms with Gasteiger partial charge in [-0.1, -0.05) is 121 Å². The van der Waals surface area contributed by atoms with Gasteiger partial charge in [0, 0.05) is 63.7 Å². The third-order valence-corrected chi connectivity index (χ3v) is 12.9. The Balaban J connectivity index is 0.978.